The monoisotopic (exact) mass is 240 g/mol. The molecule has 0 aliphatic carbocycles. The summed E-state index contributed by atoms with van der Waals surface area (Å²) in [5.41, 5.74) is 0. The van der Waals surface area contributed by atoms with Crippen LogP contribution >= 0.6 is 69.8 Å². The topological polar surface area (TPSA) is 0 Å². The van der Waals surface area contributed by atoms with Crippen LogP contribution in [0.2, 0.25) is 0 Å². The molecule has 0 spiro atoms. The van der Waals surface area contributed by atoms with Crippen LogP contribution < -0.4 is 0 Å². The van der Waals surface area contributed by atoms with Gasteiger partial charge in [0.2, 0.25) is 0 Å². The molecule has 0 saturated heterocycles. The minimum absolute atomic E-state index is 1.01. The van der Waals surface area contributed by atoms with Crippen LogP contribution in [0.1, 0.15) is 0 Å². The number of hydrogen-bond acceptors (Lipinski definition) is 6. The second kappa shape index (κ2) is 2.69. The van der Waals surface area contributed by atoms with E-state index in [1.165, 1.54) is 8.03 Å². The minimum atomic E-state index is 1.01. The molecule has 0 nitrogen and oxygen atoms in total. The van der Waals surface area contributed by atoms with Gasteiger partial charge in [-0.05, 0) is 0 Å². The van der Waals surface area contributed by atoms with Gasteiger partial charge in [-0.3, -0.25) is 0 Å². The molecule has 0 saturated carbocycles. The Morgan fingerprint density at radius 3 is 1.30 bits per heavy atom. The minimum Gasteiger partial charge on any atom is -0.101 e. The lowest BCUT2D eigenvalue weighted by Crippen LogP contribution is -1.24. The molecular weight excluding hydrogens is 240 g/mol. The van der Waals surface area contributed by atoms with Gasteiger partial charge >= 0.3 is 0 Å². The third kappa shape index (κ3) is 1.24. The number of rotatable bonds is 0. The van der Waals surface area contributed by atoms with Gasteiger partial charge in [0.1, 0.15) is 14.3 Å². The van der Waals surface area contributed by atoms with Crippen LogP contribution in [0.25, 0.3) is 8.03 Å². The molecule has 0 aliphatic rings. The predicted octanol–water partition coefficient (Wildman–Crippen LogP) is 4.54. The van der Waals surface area contributed by atoms with Gasteiger partial charge in [0, 0.05) is 0 Å². The number of fused-ring (bicyclic) bond motifs is 1. The van der Waals surface area contributed by atoms with Crippen molar-refractivity contribution in [2.45, 2.75) is 0 Å². The summed E-state index contributed by atoms with van der Waals surface area (Å²) < 4.78 is 4.61. The molecule has 0 bridgehead atoms. The highest BCUT2D eigenvalue weighted by molar-refractivity contribution is 7.81. The van der Waals surface area contributed by atoms with Gasteiger partial charge in [0.15, 0.2) is 0 Å². The van der Waals surface area contributed by atoms with Gasteiger partial charge < -0.3 is 0 Å². The molecule has 0 atom stereocenters. The van der Waals surface area contributed by atoms with E-state index in [-0.39, 0.29) is 0 Å². The van der Waals surface area contributed by atoms with Crippen LogP contribution in [0, 0.1) is 6.28 Å². The van der Waals surface area contributed by atoms with E-state index in [1.54, 1.807) is 45.3 Å². The van der Waals surface area contributed by atoms with Gasteiger partial charge in [0.25, 0.3) is 0 Å². The highest BCUT2D eigenvalue weighted by Crippen LogP contribution is 2.37. The lowest BCUT2D eigenvalue weighted by Gasteiger charge is -1.60. The van der Waals surface area contributed by atoms with E-state index in [1.807, 2.05) is 0 Å². The Morgan fingerprint density at radius 1 is 0.700 bits per heavy atom. The SMILES string of the molecule is S=c1sc2sc(=S)sc2s1. The average Bonchev–Trinajstić information content (AvgIpc) is 2.21. The molecule has 10 heavy (non-hydrogen) atoms. The van der Waals surface area contributed by atoms with Crippen molar-refractivity contribution < 1.29 is 0 Å². The molecule has 2 heterocycles. The van der Waals surface area contributed by atoms with Crippen LogP contribution in [-0.4, -0.2) is 0 Å². The summed E-state index contributed by atoms with van der Waals surface area (Å²) in [7, 11) is 0. The molecule has 6 heteroatoms. The quantitative estimate of drug-likeness (QED) is 0.620. The Morgan fingerprint density at radius 2 is 1.00 bits per heavy atom. The Hall–Kier alpha value is 0.800. The van der Waals surface area contributed by atoms with Crippen molar-refractivity contribution in [3.05, 3.63) is 6.28 Å². The maximum atomic E-state index is 5.03. The second-order valence-electron chi connectivity index (χ2n) is 1.48. The summed E-state index contributed by atoms with van der Waals surface area (Å²) >= 11 is 16.7. The molecule has 2 rings (SSSR count). The van der Waals surface area contributed by atoms with E-state index >= 15 is 0 Å². The zero-order valence-corrected chi connectivity index (χ0v) is 9.35. The van der Waals surface area contributed by atoms with Crippen molar-refractivity contribution in [1.29, 1.82) is 0 Å². The highest BCUT2D eigenvalue weighted by Gasteiger charge is 1.99. The largest absolute Gasteiger partial charge is 0.146 e. The van der Waals surface area contributed by atoms with Crippen LogP contribution in [0.5, 0.6) is 0 Å². The van der Waals surface area contributed by atoms with Gasteiger partial charge in [0.05, 0.1) is 0 Å². The average molecular weight is 240 g/mol. The van der Waals surface area contributed by atoms with Crippen molar-refractivity contribution in [1.82, 2.24) is 0 Å². The smallest absolute Gasteiger partial charge is 0.101 e. The summed E-state index contributed by atoms with van der Waals surface area (Å²) in [5, 5.41) is 0. The van der Waals surface area contributed by atoms with E-state index in [9.17, 15) is 0 Å². The van der Waals surface area contributed by atoms with E-state index in [0.29, 0.717) is 0 Å². The van der Waals surface area contributed by atoms with E-state index < -0.39 is 0 Å². The first-order valence-electron chi connectivity index (χ1n) is 2.29. The fraction of sp³-hybridized carbons (Fsp3) is 0. The Kier molecular flexibility index (Phi) is 2.00. The van der Waals surface area contributed by atoms with Crippen molar-refractivity contribution in [2.75, 3.05) is 0 Å². The highest BCUT2D eigenvalue weighted by atomic mass is 32.2. The normalized spacial score (nSPS) is 10.8. The number of hydrogen-bond donors (Lipinski definition) is 0. The maximum absolute atomic E-state index is 5.03. The van der Waals surface area contributed by atoms with E-state index in [2.05, 4.69) is 0 Å². The molecule has 0 radical (unpaired) electrons. The molecule has 0 fully saturated rings. The fourth-order valence-corrected chi connectivity index (χ4v) is 7.42. The molecule has 52 valence electrons. The van der Waals surface area contributed by atoms with Gasteiger partial charge in [-0.2, -0.15) is 0 Å². The van der Waals surface area contributed by atoms with Crippen LogP contribution in [0.15, 0.2) is 0 Å². The van der Waals surface area contributed by atoms with Crippen LogP contribution in [-0.2, 0) is 0 Å². The maximum Gasteiger partial charge on any atom is 0.146 e. The van der Waals surface area contributed by atoms with Gasteiger partial charge in [-0.1, -0.05) is 24.4 Å². The van der Waals surface area contributed by atoms with Gasteiger partial charge in [-0.15, -0.1) is 45.3 Å². The van der Waals surface area contributed by atoms with Crippen LogP contribution in [0.4, 0.5) is 0 Å². The molecule has 2 aromatic heterocycles. The zero-order valence-electron chi connectivity index (χ0n) is 4.45. The first kappa shape index (κ1) is 7.45. The summed E-state index contributed by atoms with van der Waals surface area (Å²) in [6, 6.07) is 0. The molecule has 0 unspecified atom stereocenters. The summed E-state index contributed by atoms with van der Waals surface area (Å²) in [6.07, 6.45) is 0. The third-order valence-electron chi connectivity index (χ3n) is 0.871. The molecular formula is C4S6. The lowest BCUT2D eigenvalue weighted by molar-refractivity contribution is 2.75. The molecule has 2 aromatic rings. The summed E-state index contributed by atoms with van der Waals surface area (Å²) in [4.78, 5) is 0. The van der Waals surface area contributed by atoms with E-state index in [0.717, 1.165) is 6.28 Å². The zero-order chi connectivity index (χ0) is 7.14. The Bertz CT molecular complexity index is 372. The third-order valence-corrected chi connectivity index (χ3v) is 6.61. The molecule has 0 aliphatic heterocycles. The van der Waals surface area contributed by atoms with Crippen molar-refractivity contribution in [3.8, 4) is 0 Å². The predicted molar refractivity (Wildman–Crippen MR) is 57.1 cm³/mol. The Balaban J connectivity index is 3.09. The van der Waals surface area contributed by atoms with Crippen LogP contribution in [0.3, 0.4) is 0 Å². The summed E-state index contributed by atoms with van der Waals surface area (Å²) in [6.45, 7) is 0. The standard InChI is InChI=1S/C4S6/c5-3-7-1-2(9-3)10-4(6)8-1. The van der Waals surface area contributed by atoms with Gasteiger partial charge in [-0.25, -0.2) is 0 Å². The lowest BCUT2D eigenvalue weighted by atomic mass is 11.1. The van der Waals surface area contributed by atoms with Crippen molar-refractivity contribution in [2.24, 2.45) is 0 Å². The first-order valence-corrected chi connectivity index (χ1v) is 6.37. The van der Waals surface area contributed by atoms with E-state index in [4.69, 9.17) is 24.4 Å². The summed E-state index contributed by atoms with van der Waals surface area (Å²) in [5.74, 6) is 0. The van der Waals surface area contributed by atoms with Crippen molar-refractivity contribution in [3.63, 3.8) is 0 Å². The Labute approximate surface area is 83.4 Å². The second-order valence-corrected chi connectivity index (χ2v) is 8.45. The molecule has 0 aromatic carbocycles. The first-order chi connectivity index (χ1) is 4.75. The molecule has 0 amide bonds. The fourth-order valence-electron chi connectivity index (χ4n) is 0.553. The molecule has 0 N–H and O–H groups in total. The van der Waals surface area contributed by atoms with Crippen molar-refractivity contribution >= 4 is 77.8 Å².